The number of carbonyl (C=O) groups is 2. The van der Waals surface area contributed by atoms with Crippen LogP contribution in [0.25, 0.3) is 0 Å². The van der Waals surface area contributed by atoms with Crippen LogP contribution < -0.4 is 0 Å². The Balaban J connectivity index is 2.33. The summed E-state index contributed by atoms with van der Waals surface area (Å²) in [6, 6.07) is 8.54. The first-order valence-electron chi connectivity index (χ1n) is 9.57. The molecule has 1 saturated heterocycles. The lowest BCUT2D eigenvalue weighted by Crippen LogP contribution is -2.50. The first-order valence-corrected chi connectivity index (χ1v) is 9.57. The molecule has 1 heterocycles. The summed E-state index contributed by atoms with van der Waals surface area (Å²) in [4.78, 5) is 26.5. The molecule has 0 aliphatic carbocycles. The van der Waals surface area contributed by atoms with Crippen molar-refractivity contribution < 1.29 is 24.5 Å². The number of aliphatic carboxylic acids is 1. The van der Waals surface area contributed by atoms with Gasteiger partial charge in [0.1, 0.15) is 11.6 Å². The first-order chi connectivity index (χ1) is 12.6. The van der Waals surface area contributed by atoms with Gasteiger partial charge in [-0.15, -0.1) is 0 Å². The van der Waals surface area contributed by atoms with Gasteiger partial charge < -0.3 is 14.9 Å². The summed E-state index contributed by atoms with van der Waals surface area (Å²) < 4.78 is 5.56. The second kappa shape index (κ2) is 8.85. The minimum Gasteiger partial charge on any atom is -0.480 e. The van der Waals surface area contributed by atoms with E-state index in [1.807, 2.05) is 42.2 Å². The zero-order valence-corrected chi connectivity index (χ0v) is 16.6. The smallest absolute Gasteiger partial charge is 0.320 e. The van der Waals surface area contributed by atoms with Crippen molar-refractivity contribution in [1.82, 2.24) is 4.90 Å². The van der Waals surface area contributed by atoms with Crippen molar-refractivity contribution in [1.29, 1.82) is 0 Å². The van der Waals surface area contributed by atoms with E-state index >= 15 is 0 Å². The summed E-state index contributed by atoms with van der Waals surface area (Å²) in [7, 11) is 0. The molecule has 0 aromatic heterocycles. The number of benzene rings is 1. The summed E-state index contributed by atoms with van der Waals surface area (Å²) in [5.74, 6) is -2.14. The van der Waals surface area contributed by atoms with Crippen LogP contribution >= 0.6 is 0 Å². The van der Waals surface area contributed by atoms with E-state index in [1.165, 1.54) is 0 Å². The standard InChI is InChI=1S/C21H31NO5/c1-5-17(23)18(20(26)27-21(2,3)4)15-11-12-16(19(24)25)22(15)13-14-9-7-6-8-10-14/h6-10,15-18,23H,5,11-13H2,1-4H3,(H,24,25)/t15-,16+,17?,18?/m1/s1. The van der Waals surface area contributed by atoms with Crippen molar-refractivity contribution in [3.05, 3.63) is 35.9 Å². The van der Waals surface area contributed by atoms with E-state index in [1.54, 1.807) is 20.8 Å². The van der Waals surface area contributed by atoms with Crippen LogP contribution in [0.4, 0.5) is 0 Å². The van der Waals surface area contributed by atoms with E-state index in [2.05, 4.69) is 0 Å². The van der Waals surface area contributed by atoms with E-state index < -0.39 is 35.6 Å². The molecule has 1 fully saturated rings. The van der Waals surface area contributed by atoms with Gasteiger partial charge in [-0.25, -0.2) is 0 Å². The lowest BCUT2D eigenvalue weighted by atomic mass is 9.90. The number of nitrogens with zero attached hydrogens (tertiary/aromatic N) is 1. The molecular formula is C21H31NO5. The Morgan fingerprint density at radius 3 is 2.37 bits per heavy atom. The number of hydrogen-bond donors (Lipinski definition) is 2. The third kappa shape index (κ3) is 5.53. The van der Waals surface area contributed by atoms with Crippen LogP contribution in [-0.4, -0.2) is 50.8 Å². The molecule has 6 nitrogen and oxygen atoms in total. The van der Waals surface area contributed by atoms with Crippen LogP contribution in [0.2, 0.25) is 0 Å². The van der Waals surface area contributed by atoms with Crippen LogP contribution in [0.3, 0.4) is 0 Å². The van der Waals surface area contributed by atoms with E-state index in [0.29, 0.717) is 25.8 Å². The third-order valence-electron chi connectivity index (χ3n) is 4.98. The molecule has 2 N–H and O–H groups in total. The maximum Gasteiger partial charge on any atom is 0.320 e. The lowest BCUT2D eigenvalue weighted by molar-refractivity contribution is -0.168. The van der Waals surface area contributed by atoms with Crippen LogP contribution in [0.1, 0.15) is 52.5 Å². The van der Waals surface area contributed by atoms with Gasteiger partial charge in [0.05, 0.1) is 12.0 Å². The summed E-state index contributed by atoms with van der Waals surface area (Å²) in [6.07, 6.45) is 0.501. The second-order valence-corrected chi connectivity index (χ2v) is 8.19. The number of carboxylic acid groups (broad SMARTS) is 1. The fourth-order valence-corrected chi connectivity index (χ4v) is 3.76. The van der Waals surface area contributed by atoms with Crippen molar-refractivity contribution in [2.24, 2.45) is 5.92 Å². The molecule has 4 atom stereocenters. The molecule has 2 rings (SSSR count). The highest BCUT2D eigenvalue weighted by atomic mass is 16.6. The van der Waals surface area contributed by atoms with E-state index in [-0.39, 0.29) is 6.04 Å². The van der Waals surface area contributed by atoms with Crippen molar-refractivity contribution in [2.45, 2.75) is 77.3 Å². The summed E-state index contributed by atoms with van der Waals surface area (Å²) in [6.45, 7) is 7.59. The van der Waals surface area contributed by atoms with E-state index in [9.17, 15) is 19.8 Å². The summed E-state index contributed by atoms with van der Waals surface area (Å²) in [5.41, 5.74) is 0.308. The normalized spacial score (nSPS) is 23.0. The fraction of sp³-hybridized carbons (Fsp3) is 0.619. The van der Waals surface area contributed by atoms with Gasteiger partial charge in [-0.05, 0) is 45.6 Å². The van der Waals surface area contributed by atoms with Crippen molar-refractivity contribution in [2.75, 3.05) is 0 Å². The predicted molar refractivity (Wildman–Crippen MR) is 102 cm³/mol. The average Bonchev–Trinajstić information content (AvgIpc) is 2.97. The number of aliphatic hydroxyl groups is 1. The molecular weight excluding hydrogens is 346 g/mol. The van der Waals surface area contributed by atoms with E-state index in [0.717, 1.165) is 5.56 Å². The molecule has 1 aliphatic rings. The summed E-state index contributed by atoms with van der Waals surface area (Å²) >= 11 is 0. The van der Waals surface area contributed by atoms with Crippen molar-refractivity contribution in [3.63, 3.8) is 0 Å². The molecule has 1 aliphatic heterocycles. The predicted octanol–water partition coefficient (Wildman–Crippen LogP) is 2.83. The monoisotopic (exact) mass is 377 g/mol. The maximum atomic E-state index is 12.9. The number of carbonyl (C=O) groups excluding carboxylic acids is 1. The number of esters is 1. The Labute approximate surface area is 161 Å². The molecule has 1 aromatic rings. The Kier molecular flexibility index (Phi) is 7.00. The zero-order chi connectivity index (χ0) is 20.2. The first kappa shape index (κ1) is 21.4. The third-order valence-corrected chi connectivity index (χ3v) is 4.98. The molecule has 1 aromatic carbocycles. The van der Waals surface area contributed by atoms with Crippen LogP contribution in [0, 0.1) is 5.92 Å². The van der Waals surface area contributed by atoms with Gasteiger partial charge in [-0.3, -0.25) is 14.5 Å². The highest BCUT2D eigenvalue weighted by molar-refractivity contribution is 5.76. The minimum absolute atomic E-state index is 0.379. The largest absolute Gasteiger partial charge is 0.480 e. The number of carboxylic acids is 1. The van der Waals surface area contributed by atoms with Crippen molar-refractivity contribution in [3.8, 4) is 0 Å². The Morgan fingerprint density at radius 2 is 1.85 bits per heavy atom. The molecule has 0 saturated carbocycles. The Hall–Kier alpha value is -1.92. The molecule has 6 heteroatoms. The second-order valence-electron chi connectivity index (χ2n) is 8.19. The van der Waals surface area contributed by atoms with Crippen LogP contribution in [-0.2, 0) is 20.9 Å². The fourth-order valence-electron chi connectivity index (χ4n) is 3.76. The highest BCUT2D eigenvalue weighted by Gasteiger charge is 2.47. The van der Waals surface area contributed by atoms with Gasteiger partial charge in [-0.1, -0.05) is 37.3 Å². The van der Waals surface area contributed by atoms with Crippen molar-refractivity contribution >= 4 is 11.9 Å². The van der Waals surface area contributed by atoms with Crippen LogP contribution in [0.15, 0.2) is 30.3 Å². The Bertz CT molecular complexity index is 640. The zero-order valence-electron chi connectivity index (χ0n) is 16.6. The van der Waals surface area contributed by atoms with Gasteiger partial charge in [0.2, 0.25) is 0 Å². The molecule has 150 valence electrons. The SMILES string of the molecule is CCC(O)C(C(=O)OC(C)(C)C)[C@H]1CC[C@@H](C(=O)O)N1Cc1ccccc1. The number of rotatable bonds is 7. The van der Waals surface area contributed by atoms with Gasteiger partial charge in [0, 0.05) is 12.6 Å². The molecule has 0 amide bonds. The number of hydrogen-bond acceptors (Lipinski definition) is 5. The Morgan fingerprint density at radius 1 is 1.22 bits per heavy atom. The number of ether oxygens (including phenoxy) is 1. The molecule has 27 heavy (non-hydrogen) atoms. The molecule has 0 spiro atoms. The number of aliphatic hydroxyl groups excluding tert-OH is 1. The van der Waals surface area contributed by atoms with Crippen LogP contribution in [0.5, 0.6) is 0 Å². The average molecular weight is 377 g/mol. The van der Waals surface area contributed by atoms with Gasteiger partial charge in [0.15, 0.2) is 0 Å². The van der Waals surface area contributed by atoms with Gasteiger partial charge >= 0.3 is 11.9 Å². The topological polar surface area (TPSA) is 87.1 Å². The number of likely N-dealkylation sites (tertiary alicyclic amines) is 1. The van der Waals surface area contributed by atoms with E-state index in [4.69, 9.17) is 4.74 Å². The molecule has 2 unspecified atom stereocenters. The molecule has 0 bridgehead atoms. The molecule has 0 radical (unpaired) electrons. The highest BCUT2D eigenvalue weighted by Crippen LogP contribution is 2.34. The lowest BCUT2D eigenvalue weighted by Gasteiger charge is -2.36. The minimum atomic E-state index is -0.901. The quantitative estimate of drug-likeness (QED) is 0.711. The summed E-state index contributed by atoms with van der Waals surface area (Å²) in [5, 5.41) is 20.2. The van der Waals surface area contributed by atoms with Gasteiger partial charge in [0.25, 0.3) is 0 Å². The maximum absolute atomic E-state index is 12.9. The van der Waals surface area contributed by atoms with Gasteiger partial charge in [-0.2, -0.15) is 0 Å².